The van der Waals surface area contributed by atoms with E-state index in [0.717, 1.165) is 12.1 Å². The normalized spacial score (nSPS) is 17.8. The van der Waals surface area contributed by atoms with Crippen LogP contribution in [0.3, 0.4) is 0 Å². The van der Waals surface area contributed by atoms with Crippen molar-refractivity contribution in [3.05, 3.63) is 39.9 Å². The van der Waals surface area contributed by atoms with Gasteiger partial charge in [0.15, 0.2) is 0 Å². The molecule has 2 rings (SSSR count). The first kappa shape index (κ1) is 13.0. The summed E-state index contributed by atoms with van der Waals surface area (Å²) in [6, 6.07) is 6.94. The molecular weight excluding hydrogens is 228 g/mol. The standard InChI is InChI=1S/C14H20N2O2/c1-14(8-4-5-9-14)11-15-10-12-6-2-3-7-13(12)16(17)18/h2-3,6-7,15H,4-5,8-11H2,1H3. The summed E-state index contributed by atoms with van der Waals surface area (Å²) in [7, 11) is 0. The molecule has 0 amide bonds. The summed E-state index contributed by atoms with van der Waals surface area (Å²) in [4.78, 5) is 10.6. The Hall–Kier alpha value is -1.42. The van der Waals surface area contributed by atoms with E-state index in [1.54, 1.807) is 12.1 Å². The highest BCUT2D eigenvalue weighted by molar-refractivity contribution is 5.39. The first-order chi connectivity index (χ1) is 8.61. The van der Waals surface area contributed by atoms with Gasteiger partial charge in [0, 0.05) is 24.7 Å². The maximum Gasteiger partial charge on any atom is 0.273 e. The van der Waals surface area contributed by atoms with Crippen LogP contribution >= 0.6 is 0 Å². The second kappa shape index (κ2) is 5.48. The number of rotatable bonds is 5. The molecule has 1 fully saturated rings. The smallest absolute Gasteiger partial charge is 0.273 e. The summed E-state index contributed by atoms with van der Waals surface area (Å²) in [5, 5.41) is 14.3. The number of benzene rings is 1. The molecule has 18 heavy (non-hydrogen) atoms. The van der Waals surface area contributed by atoms with Gasteiger partial charge in [0.2, 0.25) is 0 Å². The van der Waals surface area contributed by atoms with Crippen LogP contribution in [0.2, 0.25) is 0 Å². The Labute approximate surface area is 108 Å². The summed E-state index contributed by atoms with van der Waals surface area (Å²) in [5.74, 6) is 0. The predicted octanol–water partition coefficient (Wildman–Crippen LogP) is 3.26. The van der Waals surface area contributed by atoms with Crippen LogP contribution < -0.4 is 5.32 Å². The first-order valence-corrected chi connectivity index (χ1v) is 6.54. The molecule has 0 heterocycles. The molecule has 1 saturated carbocycles. The fourth-order valence-corrected chi connectivity index (χ4v) is 2.74. The molecule has 4 heteroatoms. The van der Waals surface area contributed by atoms with Crippen molar-refractivity contribution in [2.24, 2.45) is 5.41 Å². The minimum absolute atomic E-state index is 0.210. The highest BCUT2D eigenvalue weighted by Crippen LogP contribution is 2.36. The Morgan fingerprint density at radius 3 is 2.67 bits per heavy atom. The van der Waals surface area contributed by atoms with E-state index in [1.165, 1.54) is 25.7 Å². The van der Waals surface area contributed by atoms with Crippen molar-refractivity contribution < 1.29 is 4.92 Å². The molecule has 1 aliphatic rings. The molecule has 0 unspecified atom stereocenters. The minimum Gasteiger partial charge on any atom is -0.312 e. The molecule has 0 bridgehead atoms. The second-order valence-corrected chi connectivity index (χ2v) is 5.51. The lowest BCUT2D eigenvalue weighted by atomic mass is 9.89. The third-order valence-corrected chi connectivity index (χ3v) is 3.87. The van der Waals surface area contributed by atoms with Gasteiger partial charge in [0.1, 0.15) is 0 Å². The molecule has 4 nitrogen and oxygen atoms in total. The number of nitrogens with zero attached hydrogens (tertiary/aromatic N) is 1. The van der Waals surface area contributed by atoms with E-state index in [4.69, 9.17) is 0 Å². The Morgan fingerprint density at radius 1 is 1.33 bits per heavy atom. The molecule has 0 atom stereocenters. The van der Waals surface area contributed by atoms with E-state index in [9.17, 15) is 10.1 Å². The fraction of sp³-hybridized carbons (Fsp3) is 0.571. The van der Waals surface area contributed by atoms with Crippen LogP contribution in [0.4, 0.5) is 5.69 Å². The zero-order valence-corrected chi connectivity index (χ0v) is 10.8. The third kappa shape index (κ3) is 3.07. The number of hydrogen-bond donors (Lipinski definition) is 1. The van der Waals surface area contributed by atoms with Gasteiger partial charge in [-0.25, -0.2) is 0 Å². The highest BCUT2D eigenvalue weighted by atomic mass is 16.6. The molecule has 0 aliphatic heterocycles. The maximum atomic E-state index is 10.9. The first-order valence-electron chi connectivity index (χ1n) is 6.54. The zero-order valence-electron chi connectivity index (χ0n) is 10.8. The molecule has 1 aliphatic carbocycles. The topological polar surface area (TPSA) is 55.2 Å². The van der Waals surface area contributed by atoms with Crippen molar-refractivity contribution in [1.29, 1.82) is 0 Å². The average molecular weight is 248 g/mol. The fourth-order valence-electron chi connectivity index (χ4n) is 2.74. The lowest BCUT2D eigenvalue weighted by Gasteiger charge is -2.23. The molecule has 0 spiro atoms. The van der Waals surface area contributed by atoms with Crippen LogP contribution in [0, 0.1) is 15.5 Å². The van der Waals surface area contributed by atoms with Crippen molar-refractivity contribution in [3.63, 3.8) is 0 Å². The van der Waals surface area contributed by atoms with E-state index in [1.807, 2.05) is 12.1 Å². The van der Waals surface area contributed by atoms with Gasteiger partial charge in [0.25, 0.3) is 5.69 Å². The number of nitro benzene ring substituents is 1. The Morgan fingerprint density at radius 2 is 2.00 bits per heavy atom. The van der Waals surface area contributed by atoms with E-state index in [2.05, 4.69) is 12.2 Å². The van der Waals surface area contributed by atoms with Gasteiger partial charge in [-0.2, -0.15) is 0 Å². The van der Waals surface area contributed by atoms with Gasteiger partial charge in [-0.3, -0.25) is 10.1 Å². The van der Waals surface area contributed by atoms with E-state index in [0.29, 0.717) is 12.0 Å². The van der Waals surface area contributed by atoms with E-state index in [-0.39, 0.29) is 10.6 Å². The van der Waals surface area contributed by atoms with Crippen LogP contribution in [-0.2, 0) is 6.54 Å². The van der Waals surface area contributed by atoms with Gasteiger partial charge in [-0.05, 0) is 18.3 Å². The summed E-state index contributed by atoms with van der Waals surface area (Å²) in [5.41, 5.74) is 1.36. The highest BCUT2D eigenvalue weighted by Gasteiger charge is 2.28. The summed E-state index contributed by atoms with van der Waals surface area (Å²) in [6.45, 7) is 3.82. The van der Waals surface area contributed by atoms with Crippen LogP contribution in [0.5, 0.6) is 0 Å². The average Bonchev–Trinajstić information content (AvgIpc) is 2.77. The minimum atomic E-state index is -0.311. The third-order valence-electron chi connectivity index (χ3n) is 3.87. The Balaban J connectivity index is 1.92. The lowest BCUT2D eigenvalue weighted by Crippen LogP contribution is -2.29. The predicted molar refractivity (Wildman–Crippen MR) is 71.4 cm³/mol. The van der Waals surface area contributed by atoms with Crippen molar-refractivity contribution >= 4 is 5.69 Å². The second-order valence-electron chi connectivity index (χ2n) is 5.51. The number of nitro groups is 1. The van der Waals surface area contributed by atoms with Crippen LogP contribution in [0.15, 0.2) is 24.3 Å². The summed E-state index contributed by atoms with van der Waals surface area (Å²) >= 11 is 0. The van der Waals surface area contributed by atoms with Gasteiger partial charge >= 0.3 is 0 Å². The Bertz CT molecular complexity index is 426. The SMILES string of the molecule is CC1(CNCc2ccccc2[N+](=O)[O-])CCCC1. The van der Waals surface area contributed by atoms with Gasteiger partial charge in [-0.15, -0.1) is 0 Å². The number of nitrogens with one attached hydrogen (secondary N) is 1. The molecule has 1 aromatic rings. The molecule has 0 radical (unpaired) electrons. The largest absolute Gasteiger partial charge is 0.312 e. The van der Waals surface area contributed by atoms with Crippen molar-refractivity contribution in [2.45, 2.75) is 39.2 Å². The van der Waals surface area contributed by atoms with Crippen molar-refractivity contribution in [3.8, 4) is 0 Å². The summed E-state index contributed by atoms with van der Waals surface area (Å²) in [6.07, 6.45) is 5.14. The number of para-hydroxylation sites is 1. The maximum absolute atomic E-state index is 10.9. The molecule has 98 valence electrons. The van der Waals surface area contributed by atoms with Crippen molar-refractivity contribution in [1.82, 2.24) is 5.32 Å². The van der Waals surface area contributed by atoms with Crippen LogP contribution in [-0.4, -0.2) is 11.5 Å². The molecule has 0 aromatic heterocycles. The number of hydrogen-bond acceptors (Lipinski definition) is 3. The zero-order chi connectivity index (χ0) is 13.0. The molecule has 1 aromatic carbocycles. The van der Waals surface area contributed by atoms with E-state index >= 15 is 0 Å². The van der Waals surface area contributed by atoms with Gasteiger partial charge in [-0.1, -0.05) is 38.0 Å². The van der Waals surface area contributed by atoms with Crippen molar-refractivity contribution in [2.75, 3.05) is 6.54 Å². The van der Waals surface area contributed by atoms with E-state index < -0.39 is 0 Å². The van der Waals surface area contributed by atoms with Gasteiger partial charge in [0.05, 0.1) is 4.92 Å². The lowest BCUT2D eigenvalue weighted by molar-refractivity contribution is -0.385. The Kier molecular flexibility index (Phi) is 3.97. The quantitative estimate of drug-likeness (QED) is 0.642. The van der Waals surface area contributed by atoms with Crippen LogP contribution in [0.25, 0.3) is 0 Å². The molecule has 1 N–H and O–H groups in total. The molecular formula is C14H20N2O2. The van der Waals surface area contributed by atoms with Gasteiger partial charge < -0.3 is 5.32 Å². The molecule has 0 saturated heterocycles. The monoisotopic (exact) mass is 248 g/mol. The summed E-state index contributed by atoms with van der Waals surface area (Å²) < 4.78 is 0. The van der Waals surface area contributed by atoms with Crippen LogP contribution in [0.1, 0.15) is 38.2 Å².